The summed E-state index contributed by atoms with van der Waals surface area (Å²) in [7, 11) is 0. The highest BCUT2D eigenvalue weighted by atomic mass is 19.2. The molecule has 0 spiro atoms. The standard InChI is InChI=1S/C20H18F2/c1-3-5-6-8-15-9-11-16(12-10-15)18-14-13-17(7-4-2)19(21)20(18)22/h3,9-14H,1,5-6,8H2,2H3. The molecule has 0 heterocycles. The van der Waals surface area contributed by atoms with Crippen molar-refractivity contribution in [2.75, 3.05) is 0 Å². The summed E-state index contributed by atoms with van der Waals surface area (Å²) in [5.41, 5.74) is 2.20. The van der Waals surface area contributed by atoms with Gasteiger partial charge in [0.25, 0.3) is 0 Å². The molecular weight excluding hydrogens is 278 g/mol. The number of unbranched alkanes of at least 4 members (excludes halogenated alkanes) is 1. The van der Waals surface area contributed by atoms with Crippen molar-refractivity contribution in [3.8, 4) is 23.0 Å². The van der Waals surface area contributed by atoms with Gasteiger partial charge in [0.1, 0.15) is 0 Å². The van der Waals surface area contributed by atoms with Crippen molar-refractivity contribution in [1.29, 1.82) is 0 Å². The summed E-state index contributed by atoms with van der Waals surface area (Å²) in [5, 5.41) is 0. The van der Waals surface area contributed by atoms with Crippen LogP contribution in [0.15, 0.2) is 49.1 Å². The van der Waals surface area contributed by atoms with Gasteiger partial charge in [0.2, 0.25) is 0 Å². The van der Waals surface area contributed by atoms with E-state index in [0.29, 0.717) is 5.56 Å². The molecule has 2 rings (SSSR count). The van der Waals surface area contributed by atoms with Crippen LogP contribution in [0.25, 0.3) is 11.1 Å². The summed E-state index contributed by atoms with van der Waals surface area (Å²) in [6, 6.07) is 10.6. The third-order valence-electron chi connectivity index (χ3n) is 3.48. The Morgan fingerprint density at radius 3 is 2.41 bits per heavy atom. The van der Waals surface area contributed by atoms with Crippen molar-refractivity contribution in [1.82, 2.24) is 0 Å². The minimum absolute atomic E-state index is 0.0878. The fraction of sp³-hybridized carbons (Fsp3) is 0.200. The van der Waals surface area contributed by atoms with E-state index >= 15 is 0 Å². The number of allylic oxidation sites excluding steroid dienone is 1. The molecule has 2 aromatic carbocycles. The van der Waals surface area contributed by atoms with Gasteiger partial charge in [-0.3, -0.25) is 0 Å². The first-order chi connectivity index (χ1) is 10.7. The Morgan fingerprint density at radius 1 is 1.05 bits per heavy atom. The van der Waals surface area contributed by atoms with Crippen LogP contribution < -0.4 is 0 Å². The molecule has 0 aliphatic heterocycles. The maximum absolute atomic E-state index is 14.2. The van der Waals surface area contributed by atoms with E-state index in [0.717, 1.165) is 19.3 Å². The summed E-state index contributed by atoms with van der Waals surface area (Å²) in [5.74, 6) is 3.40. The van der Waals surface area contributed by atoms with Gasteiger partial charge >= 0.3 is 0 Å². The van der Waals surface area contributed by atoms with Crippen molar-refractivity contribution in [3.63, 3.8) is 0 Å². The summed E-state index contributed by atoms with van der Waals surface area (Å²) >= 11 is 0. The molecule has 0 nitrogen and oxygen atoms in total. The van der Waals surface area contributed by atoms with Gasteiger partial charge in [-0.1, -0.05) is 36.3 Å². The number of hydrogen-bond acceptors (Lipinski definition) is 0. The minimum Gasteiger partial charge on any atom is -0.203 e. The van der Waals surface area contributed by atoms with Crippen molar-refractivity contribution < 1.29 is 8.78 Å². The lowest BCUT2D eigenvalue weighted by Crippen LogP contribution is -1.94. The number of hydrogen-bond donors (Lipinski definition) is 0. The second-order valence-corrected chi connectivity index (χ2v) is 5.04. The molecule has 2 aromatic rings. The Morgan fingerprint density at radius 2 is 1.77 bits per heavy atom. The molecule has 0 bridgehead atoms. The third kappa shape index (κ3) is 3.62. The van der Waals surface area contributed by atoms with Gasteiger partial charge in [-0.2, -0.15) is 0 Å². The van der Waals surface area contributed by atoms with Crippen LogP contribution >= 0.6 is 0 Å². The number of benzene rings is 2. The maximum Gasteiger partial charge on any atom is 0.175 e. The molecule has 0 N–H and O–H groups in total. The van der Waals surface area contributed by atoms with Crippen LogP contribution in [0, 0.1) is 23.5 Å². The predicted molar refractivity (Wildman–Crippen MR) is 87.5 cm³/mol. The Hall–Kier alpha value is -2.40. The van der Waals surface area contributed by atoms with Crippen LogP contribution in [0.5, 0.6) is 0 Å². The summed E-state index contributed by atoms with van der Waals surface area (Å²) < 4.78 is 28.1. The average Bonchev–Trinajstić information content (AvgIpc) is 2.53. The van der Waals surface area contributed by atoms with E-state index in [1.807, 2.05) is 30.3 Å². The molecule has 0 fully saturated rings. The van der Waals surface area contributed by atoms with Gasteiger partial charge in [-0.25, -0.2) is 8.78 Å². The Bertz CT molecular complexity index is 716. The van der Waals surface area contributed by atoms with Crippen molar-refractivity contribution in [2.24, 2.45) is 0 Å². The highest BCUT2D eigenvalue weighted by molar-refractivity contribution is 5.65. The number of aryl methyl sites for hydroxylation is 1. The lowest BCUT2D eigenvalue weighted by Gasteiger charge is -2.07. The lowest BCUT2D eigenvalue weighted by atomic mass is 10.00. The van der Waals surface area contributed by atoms with Crippen molar-refractivity contribution in [2.45, 2.75) is 26.2 Å². The molecule has 0 aromatic heterocycles. The van der Waals surface area contributed by atoms with Crippen LogP contribution in [0.4, 0.5) is 8.78 Å². The first-order valence-corrected chi connectivity index (χ1v) is 7.28. The van der Waals surface area contributed by atoms with Gasteiger partial charge in [0.15, 0.2) is 11.6 Å². The zero-order valence-electron chi connectivity index (χ0n) is 12.6. The van der Waals surface area contributed by atoms with Gasteiger partial charge in [0, 0.05) is 5.56 Å². The second kappa shape index (κ2) is 7.56. The van der Waals surface area contributed by atoms with Gasteiger partial charge < -0.3 is 0 Å². The Balaban J connectivity index is 2.26. The van der Waals surface area contributed by atoms with Gasteiger partial charge in [-0.05, 0) is 49.4 Å². The van der Waals surface area contributed by atoms with E-state index in [1.165, 1.54) is 11.6 Å². The van der Waals surface area contributed by atoms with E-state index in [4.69, 9.17) is 0 Å². The normalized spacial score (nSPS) is 9.95. The molecule has 0 aliphatic carbocycles. The number of rotatable bonds is 5. The summed E-state index contributed by atoms with van der Waals surface area (Å²) in [6.07, 6.45) is 4.86. The summed E-state index contributed by atoms with van der Waals surface area (Å²) in [6.45, 7) is 5.29. The first kappa shape index (κ1) is 16.0. The highest BCUT2D eigenvalue weighted by Gasteiger charge is 2.13. The monoisotopic (exact) mass is 296 g/mol. The topological polar surface area (TPSA) is 0 Å². The zero-order chi connectivity index (χ0) is 15.9. The molecule has 2 heteroatoms. The van der Waals surface area contributed by atoms with Gasteiger partial charge in [0.05, 0.1) is 5.56 Å². The first-order valence-electron chi connectivity index (χ1n) is 7.28. The molecular formula is C20H18F2. The predicted octanol–water partition coefficient (Wildman–Crippen LogP) is 5.51. The second-order valence-electron chi connectivity index (χ2n) is 5.04. The van der Waals surface area contributed by atoms with E-state index < -0.39 is 11.6 Å². The fourth-order valence-electron chi connectivity index (χ4n) is 2.31. The van der Waals surface area contributed by atoms with Crippen LogP contribution in [0.2, 0.25) is 0 Å². The van der Waals surface area contributed by atoms with Crippen LogP contribution in [-0.2, 0) is 6.42 Å². The van der Waals surface area contributed by atoms with E-state index in [9.17, 15) is 8.78 Å². The molecule has 0 amide bonds. The highest BCUT2D eigenvalue weighted by Crippen LogP contribution is 2.26. The molecule has 0 saturated carbocycles. The average molecular weight is 296 g/mol. The van der Waals surface area contributed by atoms with Crippen LogP contribution in [-0.4, -0.2) is 0 Å². The minimum atomic E-state index is -0.887. The van der Waals surface area contributed by atoms with E-state index in [1.54, 1.807) is 13.0 Å². The molecule has 112 valence electrons. The molecule has 0 radical (unpaired) electrons. The third-order valence-corrected chi connectivity index (χ3v) is 3.48. The molecule has 0 atom stereocenters. The quantitative estimate of drug-likeness (QED) is 0.387. The zero-order valence-corrected chi connectivity index (χ0v) is 12.6. The Labute approximate surface area is 130 Å². The fourth-order valence-corrected chi connectivity index (χ4v) is 2.31. The number of halogens is 2. The van der Waals surface area contributed by atoms with Gasteiger partial charge in [-0.15, -0.1) is 12.5 Å². The van der Waals surface area contributed by atoms with E-state index in [-0.39, 0.29) is 11.1 Å². The smallest absolute Gasteiger partial charge is 0.175 e. The Kier molecular flexibility index (Phi) is 5.49. The molecule has 22 heavy (non-hydrogen) atoms. The largest absolute Gasteiger partial charge is 0.203 e. The van der Waals surface area contributed by atoms with Crippen LogP contribution in [0.3, 0.4) is 0 Å². The molecule has 0 saturated heterocycles. The van der Waals surface area contributed by atoms with E-state index in [2.05, 4.69) is 18.4 Å². The molecule has 0 unspecified atom stereocenters. The van der Waals surface area contributed by atoms with Crippen LogP contribution in [0.1, 0.15) is 30.9 Å². The summed E-state index contributed by atoms with van der Waals surface area (Å²) in [4.78, 5) is 0. The SMILES string of the molecule is C=CCCCc1ccc(-c2ccc(C#CC)c(F)c2F)cc1. The van der Waals surface area contributed by atoms with Crippen molar-refractivity contribution in [3.05, 3.63) is 71.8 Å². The molecule has 0 aliphatic rings. The lowest BCUT2D eigenvalue weighted by molar-refractivity contribution is 0.509. The van der Waals surface area contributed by atoms with Crippen molar-refractivity contribution >= 4 is 0 Å². The maximum atomic E-state index is 14.2.